The van der Waals surface area contributed by atoms with Gasteiger partial charge in [0, 0.05) is 29.3 Å². The number of piperidine rings is 1. The van der Waals surface area contributed by atoms with Crippen LogP contribution in [0.25, 0.3) is 10.9 Å². The topological polar surface area (TPSA) is 57.3 Å². The van der Waals surface area contributed by atoms with E-state index >= 15 is 0 Å². The minimum absolute atomic E-state index is 0.276. The molecule has 5 nitrogen and oxygen atoms in total. The molecule has 32 heavy (non-hydrogen) atoms. The van der Waals surface area contributed by atoms with Gasteiger partial charge < -0.3 is 15.5 Å². The number of rotatable bonds is 3. The molecule has 0 radical (unpaired) electrons. The van der Waals surface area contributed by atoms with Gasteiger partial charge in [0.2, 0.25) is 0 Å². The third-order valence-electron chi connectivity index (χ3n) is 6.39. The first-order valence-corrected chi connectivity index (χ1v) is 10.7. The first-order valence-electron chi connectivity index (χ1n) is 10.7. The summed E-state index contributed by atoms with van der Waals surface area (Å²) in [6, 6.07) is 12.0. The van der Waals surface area contributed by atoms with Crippen LogP contribution in [0.3, 0.4) is 0 Å². The maximum Gasteiger partial charge on any atom is 0.416 e. The van der Waals surface area contributed by atoms with Crippen molar-refractivity contribution in [1.29, 1.82) is 0 Å². The van der Waals surface area contributed by atoms with Crippen LogP contribution in [-0.4, -0.2) is 23.6 Å². The molecule has 1 aliphatic heterocycles. The minimum Gasteiger partial charge on any atom is -0.353 e. The van der Waals surface area contributed by atoms with Gasteiger partial charge in [0.05, 0.1) is 11.1 Å². The highest BCUT2D eigenvalue weighted by molar-refractivity contribution is 6.01. The van der Waals surface area contributed by atoms with Crippen LogP contribution in [0, 0.1) is 12.8 Å². The molecule has 2 fully saturated rings. The molecule has 2 heterocycles. The van der Waals surface area contributed by atoms with Gasteiger partial charge in [-0.25, -0.2) is 9.78 Å². The van der Waals surface area contributed by atoms with Crippen molar-refractivity contribution in [3.05, 3.63) is 59.7 Å². The van der Waals surface area contributed by atoms with Crippen molar-refractivity contribution >= 4 is 34.1 Å². The number of nitrogens with zero attached hydrogens (tertiary/aromatic N) is 2. The third kappa shape index (κ3) is 3.97. The third-order valence-corrected chi connectivity index (χ3v) is 6.39. The summed E-state index contributed by atoms with van der Waals surface area (Å²) < 4.78 is 38.0. The lowest BCUT2D eigenvalue weighted by molar-refractivity contribution is -0.137. The van der Waals surface area contributed by atoms with Crippen LogP contribution >= 0.6 is 0 Å². The van der Waals surface area contributed by atoms with Gasteiger partial charge in [-0.15, -0.1) is 0 Å². The molecule has 8 heteroatoms. The van der Waals surface area contributed by atoms with E-state index in [0.717, 1.165) is 46.9 Å². The lowest BCUT2D eigenvalue weighted by Crippen LogP contribution is -2.33. The molecular formula is C24H23F3N4O. The predicted molar refractivity (Wildman–Crippen MR) is 119 cm³/mol. The molecule has 5 rings (SSSR count). The molecule has 2 bridgehead atoms. The second-order valence-electron chi connectivity index (χ2n) is 8.68. The van der Waals surface area contributed by atoms with Crippen LogP contribution in [0.5, 0.6) is 0 Å². The SMILES string of the molecule is Cc1cc2cc(NC(=O)Nc3ccc(C(F)(F)F)cc3)ccc2nc1N1CC2CCC1C2. The summed E-state index contributed by atoms with van der Waals surface area (Å²) in [5.41, 5.74) is 2.06. The number of urea groups is 1. The van der Waals surface area contributed by atoms with E-state index in [1.807, 2.05) is 12.1 Å². The maximum atomic E-state index is 12.7. The van der Waals surface area contributed by atoms with Gasteiger partial charge >= 0.3 is 12.2 Å². The largest absolute Gasteiger partial charge is 0.416 e. The Kier molecular flexibility index (Phi) is 4.95. The minimum atomic E-state index is -4.41. The fourth-order valence-electron chi connectivity index (χ4n) is 4.86. The van der Waals surface area contributed by atoms with Crippen LogP contribution in [0.15, 0.2) is 48.5 Å². The van der Waals surface area contributed by atoms with Crippen molar-refractivity contribution in [2.75, 3.05) is 22.1 Å². The van der Waals surface area contributed by atoms with E-state index in [1.165, 1.54) is 31.4 Å². The van der Waals surface area contributed by atoms with Crippen LogP contribution in [0.4, 0.5) is 35.2 Å². The number of halogens is 3. The molecule has 2 aromatic carbocycles. The summed E-state index contributed by atoms with van der Waals surface area (Å²) in [6.45, 7) is 3.14. The first kappa shape index (κ1) is 20.6. The summed E-state index contributed by atoms with van der Waals surface area (Å²) in [6.07, 6.45) is -0.597. The second kappa shape index (κ2) is 7.69. The van der Waals surface area contributed by atoms with Gasteiger partial charge in [-0.3, -0.25) is 0 Å². The number of amides is 2. The van der Waals surface area contributed by atoms with E-state index in [-0.39, 0.29) is 5.69 Å². The molecule has 2 unspecified atom stereocenters. The van der Waals surface area contributed by atoms with Crippen LogP contribution in [0.1, 0.15) is 30.4 Å². The molecule has 2 aliphatic rings. The smallest absolute Gasteiger partial charge is 0.353 e. The number of fused-ring (bicyclic) bond motifs is 3. The number of aromatic nitrogens is 1. The van der Waals surface area contributed by atoms with Crippen molar-refractivity contribution in [1.82, 2.24) is 4.98 Å². The average molecular weight is 440 g/mol. The van der Waals surface area contributed by atoms with Gasteiger partial charge in [-0.05, 0) is 86.2 Å². The lowest BCUT2D eigenvalue weighted by atomic mass is 10.1. The lowest BCUT2D eigenvalue weighted by Gasteiger charge is -2.29. The van der Waals surface area contributed by atoms with E-state index in [4.69, 9.17) is 4.98 Å². The molecule has 0 spiro atoms. The number of hydrogen-bond acceptors (Lipinski definition) is 3. The Labute approximate surface area is 183 Å². The monoisotopic (exact) mass is 440 g/mol. The van der Waals surface area contributed by atoms with E-state index in [9.17, 15) is 18.0 Å². The quantitative estimate of drug-likeness (QED) is 0.510. The van der Waals surface area contributed by atoms with E-state index in [2.05, 4.69) is 28.5 Å². The van der Waals surface area contributed by atoms with Crippen LogP contribution in [-0.2, 0) is 6.18 Å². The maximum absolute atomic E-state index is 12.7. The molecule has 1 aliphatic carbocycles. The van der Waals surface area contributed by atoms with Crippen molar-refractivity contribution in [3.63, 3.8) is 0 Å². The molecule has 2 N–H and O–H groups in total. The highest BCUT2D eigenvalue weighted by Crippen LogP contribution is 2.41. The average Bonchev–Trinajstić information content (AvgIpc) is 3.36. The fourth-order valence-corrected chi connectivity index (χ4v) is 4.86. The number of benzene rings is 2. The summed E-state index contributed by atoms with van der Waals surface area (Å²) >= 11 is 0. The molecule has 1 aromatic heterocycles. The standard InChI is InChI=1S/C24H23F3N4O/c1-14-10-16-12-19(29-23(32)28-18-5-3-17(4-6-18)24(25,26)27)7-9-21(16)30-22(14)31-13-15-2-8-20(31)11-15/h3-7,9-10,12,15,20H,2,8,11,13H2,1H3,(H2,28,29,32). The van der Waals surface area contributed by atoms with Crippen molar-refractivity contribution in [2.24, 2.45) is 5.92 Å². The van der Waals surface area contributed by atoms with Gasteiger partial charge in [-0.1, -0.05) is 0 Å². The van der Waals surface area contributed by atoms with Crippen molar-refractivity contribution in [2.45, 2.75) is 38.4 Å². The molecule has 3 aromatic rings. The Bertz CT molecular complexity index is 1180. The number of anilines is 3. The normalized spacial score (nSPS) is 20.1. The number of nitrogens with one attached hydrogen (secondary N) is 2. The molecular weight excluding hydrogens is 417 g/mol. The van der Waals surface area contributed by atoms with Gasteiger partial charge in [-0.2, -0.15) is 13.2 Å². The Morgan fingerprint density at radius 3 is 2.41 bits per heavy atom. The number of hydrogen-bond donors (Lipinski definition) is 2. The molecule has 1 saturated heterocycles. The van der Waals surface area contributed by atoms with Gasteiger partial charge in [0.25, 0.3) is 0 Å². The molecule has 2 atom stereocenters. The second-order valence-corrected chi connectivity index (χ2v) is 8.68. The zero-order chi connectivity index (χ0) is 22.5. The zero-order valence-corrected chi connectivity index (χ0v) is 17.5. The van der Waals surface area contributed by atoms with E-state index in [1.54, 1.807) is 6.07 Å². The van der Waals surface area contributed by atoms with Crippen molar-refractivity contribution < 1.29 is 18.0 Å². The van der Waals surface area contributed by atoms with Crippen molar-refractivity contribution in [3.8, 4) is 0 Å². The highest BCUT2D eigenvalue weighted by atomic mass is 19.4. The number of aryl methyl sites for hydroxylation is 1. The zero-order valence-electron chi connectivity index (χ0n) is 17.5. The summed E-state index contributed by atoms with van der Waals surface area (Å²) in [7, 11) is 0. The van der Waals surface area contributed by atoms with Gasteiger partial charge in [0.15, 0.2) is 0 Å². The molecule has 166 valence electrons. The fraction of sp³-hybridized carbons (Fsp3) is 0.333. The van der Waals surface area contributed by atoms with E-state index in [0.29, 0.717) is 11.7 Å². The Balaban J connectivity index is 1.29. The molecule has 1 saturated carbocycles. The Hall–Kier alpha value is -3.29. The van der Waals surface area contributed by atoms with Gasteiger partial charge in [0.1, 0.15) is 5.82 Å². The number of pyridine rings is 1. The highest BCUT2D eigenvalue weighted by Gasteiger charge is 2.38. The number of carbonyl (C=O) groups is 1. The summed E-state index contributed by atoms with van der Waals surface area (Å²) in [5, 5.41) is 6.20. The number of carbonyl (C=O) groups excluding carboxylic acids is 1. The Morgan fingerprint density at radius 1 is 1.03 bits per heavy atom. The summed E-state index contributed by atoms with van der Waals surface area (Å²) in [4.78, 5) is 19.6. The molecule has 2 amide bonds. The summed E-state index contributed by atoms with van der Waals surface area (Å²) in [5.74, 6) is 1.83. The van der Waals surface area contributed by atoms with Crippen LogP contribution < -0.4 is 15.5 Å². The first-order chi connectivity index (χ1) is 15.3. The van der Waals surface area contributed by atoms with Crippen LogP contribution in [0.2, 0.25) is 0 Å². The van der Waals surface area contributed by atoms with E-state index < -0.39 is 17.8 Å². The Morgan fingerprint density at radius 2 is 1.75 bits per heavy atom. The predicted octanol–water partition coefficient (Wildman–Crippen LogP) is 6.19. The number of alkyl halides is 3.